The van der Waals surface area contributed by atoms with Crippen molar-refractivity contribution >= 4 is 23.6 Å². The number of carbonyl (C=O) groups excluding carboxylic acids is 1. The maximum atomic E-state index is 13.7. The third-order valence-electron chi connectivity index (χ3n) is 15.9. The van der Waals surface area contributed by atoms with Gasteiger partial charge in [-0.15, -0.1) is 0 Å². The number of amides is 1. The van der Waals surface area contributed by atoms with Crippen molar-refractivity contribution in [2.24, 2.45) is 4.99 Å². The first-order valence-electron chi connectivity index (χ1n) is 27.2. The monoisotopic (exact) mass is 993 g/mol. The normalized spacial score (nSPS) is 19.5. The van der Waals surface area contributed by atoms with Crippen molar-refractivity contribution in [2.45, 2.75) is 88.4 Å². The second kappa shape index (κ2) is 23.9. The largest absolute Gasteiger partial charge is 0.353 e. The summed E-state index contributed by atoms with van der Waals surface area (Å²) in [6.07, 6.45) is 18.5. The number of hydrogen-bond donors (Lipinski definition) is 2. The fraction of sp³-hybridized carbons (Fsp3) is 0.426. The van der Waals surface area contributed by atoms with Crippen molar-refractivity contribution in [3.05, 3.63) is 151 Å². The topological polar surface area (TPSA) is 114 Å². The molecule has 3 aromatic heterocycles. The Balaban J connectivity index is 0.700. The number of aryl methyl sites for hydroxylation is 2. The number of hydrogen-bond acceptors (Lipinski definition) is 10. The Kier molecular flexibility index (Phi) is 16.5. The lowest BCUT2D eigenvalue weighted by molar-refractivity contribution is -0.125. The van der Waals surface area contributed by atoms with E-state index in [0.29, 0.717) is 18.6 Å². The van der Waals surface area contributed by atoms with Gasteiger partial charge in [0.05, 0.1) is 25.0 Å². The van der Waals surface area contributed by atoms with Crippen LogP contribution >= 0.6 is 0 Å². The lowest BCUT2D eigenvalue weighted by atomic mass is 9.82. The summed E-state index contributed by atoms with van der Waals surface area (Å²) in [5, 5.41) is 16.5. The van der Waals surface area contributed by atoms with Gasteiger partial charge in [-0.1, -0.05) is 109 Å². The molecule has 1 amide bonds. The molecular weight excluding hydrogens is 917 g/mol. The van der Waals surface area contributed by atoms with E-state index in [2.05, 4.69) is 165 Å². The van der Waals surface area contributed by atoms with Gasteiger partial charge in [0.25, 0.3) is 0 Å². The maximum absolute atomic E-state index is 13.7. The van der Waals surface area contributed by atoms with Gasteiger partial charge >= 0.3 is 0 Å². The average molecular weight is 993 g/mol. The van der Waals surface area contributed by atoms with E-state index < -0.39 is 0 Å². The molecule has 4 aromatic carbocycles. The predicted octanol–water partition coefficient (Wildman–Crippen LogP) is 8.66. The molecule has 0 aliphatic carbocycles. The zero-order valence-electron chi connectivity index (χ0n) is 44.1. The molecule has 13 nitrogen and oxygen atoms in total. The van der Waals surface area contributed by atoms with Gasteiger partial charge in [-0.25, -0.2) is 19.2 Å². The van der Waals surface area contributed by atoms with E-state index in [4.69, 9.17) is 15.1 Å². The van der Waals surface area contributed by atoms with Gasteiger partial charge in [-0.2, -0.15) is 10.2 Å². The molecule has 6 heterocycles. The molecule has 0 saturated carbocycles. The highest BCUT2D eigenvalue weighted by Crippen LogP contribution is 2.37. The van der Waals surface area contributed by atoms with Crippen LogP contribution in [0.1, 0.15) is 62.1 Å². The Hall–Kier alpha value is -6.35. The number of rotatable bonds is 23. The van der Waals surface area contributed by atoms with Crippen molar-refractivity contribution in [1.82, 2.24) is 54.6 Å². The van der Waals surface area contributed by atoms with Crippen molar-refractivity contribution in [2.75, 3.05) is 80.0 Å². The van der Waals surface area contributed by atoms with Crippen LogP contribution < -0.4 is 10.6 Å². The van der Waals surface area contributed by atoms with E-state index in [9.17, 15) is 4.79 Å². The van der Waals surface area contributed by atoms with Crippen LogP contribution in [0.2, 0.25) is 0 Å². The maximum Gasteiger partial charge on any atom is 0.237 e. The third-order valence-corrected chi connectivity index (χ3v) is 15.9. The van der Waals surface area contributed by atoms with Crippen LogP contribution in [-0.2, 0) is 29.6 Å². The van der Waals surface area contributed by atoms with Crippen LogP contribution in [0.25, 0.3) is 39.0 Å². The van der Waals surface area contributed by atoms with Gasteiger partial charge in [0.15, 0.2) is 11.5 Å². The zero-order valence-corrected chi connectivity index (χ0v) is 44.1. The van der Waals surface area contributed by atoms with E-state index in [1.165, 1.54) is 29.5 Å². The highest BCUT2D eigenvalue weighted by atomic mass is 16.2. The second-order valence-electron chi connectivity index (χ2n) is 21.6. The summed E-state index contributed by atoms with van der Waals surface area (Å²) in [5.74, 6) is 1.11. The minimum Gasteiger partial charge on any atom is -0.353 e. The number of likely N-dealkylation sites (tertiary alicyclic amines) is 2. The fourth-order valence-electron chi connectivity index (χ4n) is 11.6. The molecule has 0 bridgehead atoms. The molecule has 386 valence electrons. The van der Waals surface area contributed by atoms with Gasteiger partial charge in [-0.05, 0) is 132 Å². The highest BCUT2D eigenvalue weighted by Gasteiger charge is 2.34. The van der Waals surface area contributed by atoms with E-state index in [-0.39, 0.29) is 17.4 Å². The SMILES string of the molecule is CN(C)CCNCC1CCCN1C(CCc1ccc(C2(C)C=Nc3c(-c4ccccc4)cnn3C2)cc1)CN(C)CCNC(=O)[C@H]1CCCN1CCCc1ccc(-c2cnc3c(-c4ccccc4)cnn3c2)cc1. The second-order valence-corrected chi connectivity index (χ2v) is 21.6. The number of nitrogens with one attached hydrogen (secondary N) is 2. The smallest absolute Gasteiger partial charge is 0.237 e. The number of fused-ring (bicyclic) bond motifs is 2. The van der Waals surface area contributed by atoms with E-state index >= 15 is 0 Å². The summed E-state index contributed by atoms with van der Waals surface area (Å²) >= 11 is 0. The van der Waals surface area contributed by atoms with Crippen molar-refractivity contribution in [1.29, 1.82) is 0 Å². The molecule has 13 heteroatoms. The molecule has 7 aromatic rings. The summed E-state index contributed by atoms with van der Waals surface area (Å²) in [4.78, 5) is 33.4. The van der Waals surface area contributed by atoms with Gasteiger partial charge in [-0.3, -0.25) is 14.6 Å². The van der Waals surface area contributed by atoms with Crippen molar-refractivity contribution < 1.29 is 4.79 Å². The molecule has 3 unspecified atom stereocenters. The first kappa shape index (κ1) is 51.1. The Morgan fingerprint density at radius 1 is 0.757 bits per heavy atom. The lowest BCUT2D eigenvalue weighted by Crippen LogP contribution is -2.50. The van der Waals surface area contributed by atoms with Gasteiger partial charge in [0.1, 0.15) is 0 Å². The molecule has 2 N–H and O–H groups in total. The molecular formula is C61H76N12O. The molecule has 2 fully saturated rings. The van der Waals surface area contributed by atoms with Crippen molar-refractivity contribution in [3.8, 4) is 33.4 Å². The Morgan fingerprint density at radius 3 is 2.24 bits per heavy atom. The fourth-order valence-corrected chi connectivity index (χ4v) is 11.6. The average Bonchev–Trinajstić information content (AvgIpc) is 4.27. The minimum absolute atomic E-state index is 0.0530. The lowest BCUT2D eigenvalue weighted by Gasteiger charge is -2.36. The summed E-state index contributed by atoms with van der Waals surface area (Å²) in [5.41, 5.74) is 11.1. The van der Waals surface area contributed by atoms with Crippen LogP contribution in [0.4, 0.5) is 5.82 Å². The number of benzene rings is 4. The molecule has 4 atom stereocenters. The quantitative estimate of drug-likeness (QED) is 0.0609. The number of aromatic nitrogens is 5. The number of carbonyl (C=O) groups is 1. The highest BCUT2D eigenvalue weighted by molar-refractivity contribution is 5.83. The van der Waals surface area contributed by atoms with Crippen LogP contribution in [0.3, 0.4) is 0 Å². The van der Waals surface area contributed by atoms with E-state index in [1.807, 2.05) is 47.4 Å². The van der Waals surface area contributed by atoms with Gasteiger partial charge < -0.3 is 20.4 Å². The standard InChI is InChI=1S/C61H76N12O/c1-61(44-65-59-56(41-67-73(59)45-61)50-17-9-6-10-18-50)52-28-23-47(24-29-52)25-30-54(71-35-12-19-53(71)39-62-31-36-68(2)3)43-69(4)37-32-63-60(74)57-20-13-34-70(57)33-11-14-46-21-26-48(27-22-46)51-38-64-58-55(40-66-72(58)42-51)49-15-7-5-8-16-49/h5-10,15-18,21-24,26-29,38,40-42,44,53-54,57,62H,11-14,19-20,25,30-37,39,43,45H2,1-4H3,(H,63,74)/t53?,54?,57-,61?/m1/s1. The zero-order chi connectivity index (χ0) is 50.9. The van der Waals surface area contributed by atoms with Crippen LogP contribution in [0.15, 0.2) is 139 Å². The van der Waals surface area contributed by atoms with Gasteiger partial charge in [0.2, 0.25) is 5.91 Å². The molecule has 0 radical (unpaired) electrons. The molecule has 3 aliphatic heterocycles. The molecule has 0 spiro atoms. The summed E-state index contributed by atoms with van der Waals surface area (Å²) in [7, 11) is 6.52. The molecule has 10 rings (SSSR count). The number of aliphatic imine (C=N–C) groups is 1. The number of nitrogens with zero attached hydrogens (tertiary/aromatic N) is 10. The summed E-state index contributed by atoms with van der Waals surface area (Å²) in [6.45, 7) is 11.6. The molecule has 2 saturated heterocycles. The molecule has 74 heavy (non-hydrogen) atoms. The van der Waals surface area contributed by atoms with Gasteiger partial charge in [0, 0.05) is 92.1 Å². The Morgan fingerprint density at radius 2 is 1.47 bits per heavy atom. The van der Waals surface area contributed by atoms with Crippen LogP contribution in [-0.4, -0.2) is 154 Å². The van der Waals surface area contributed by atoms with E-state index in [1.54, 1.807) is 0 Å². The third kappa shape index (κ3) is 12.3. The van der Waals surface area contributed by atoms with Crippen LogP contribution in [0, 0.1) is 0 Å². The Labute approximate surface area is 438 Å². The first-order chi connectivity index (χ1) is 36.2. The molecule has 3 aliphatic rings. The Bertz CT molecular complexity index is 2930. The summed E-state index contributed by atoms with van der Waals surface area (Å²) < 4.78 is 3.93. The predicted molar refractivity (Wildman–Crippen MR) is 300 cm³/mol. The number of likely N-dealkylation sites (N-methyl/N-ethyl adjacent to an activating group) is 2. The van der Waals surface area contributed by atoms with Crippen molar-refractivity contribution in [3.63, 3.8) is 0 Å². The first-order valence-corrected chi connectivity index (χ1v) is 27.2. The van der Waals surface area contributed by atoms with E-state index in [0.717, 1.165) is 142 Å². The summed E-state index contributed by atoms with van der Waals surface area (Å²) in [6, 6.07) is 39.7. The minimum atomic E-state index is -0.244. The van der Waals surface area contributed by atoms with Crippen LogP contribution in [0.5, 0.6) is 0 Å².